The van der Waals surface area contributed by atoms with Crippen LogP contribution in [0.25, 0.3) is 110 Å². The van der Waals surface area contributed by atoms with Crippen molar-refractivity contribution in [2.24, 2.45) is 0 Å². The van der Waals surface area contributed by atoms with E-state index < -0.39 is 0 Å². The summed E-state index contributed by atoms with van der Waals surface area (Å²) in [6.07, 6.45) is 0. The van der Waals surface area contributed by atoms with Crippen molar-refractivity contribution in [2.75, 3.05) is 0 Å². The lowest BCUT2D eigenvalue weighted by molar-refractivity contribution is 0.670. The van der Waals surface area contributed by atoms with Crippen LogP contribution in [-0.2, 0) is 0 Å². The minimum atomic E-state index is 0.897. The van der Waals surface area contributed by atoms with Crippen molar-refractivity contribution in [3.05, 3.63) is 206 Å². The van der Waals surface area contributed by atoms with E-state index >= 15 is 0 Å². The lowest BCUT2D eigenvalue weighted by Gasteiger charge is -2.12. The van der Waals surface area contributed by atoms with Gasteiger partial charge in [-0.1, -0.05) is 146 Å². The minimum Gasteiger partial charge on any atom is -0.455 e. The molecule has 0 aliphatic heterocycles. The third-order valence-corrected chi connectivity index (χ3v) is 11.7. The first-order chi connectivity index (χ1) is 28.3. The van der Waals surface area contributed by atoms with Gasteiger partial charge in [-0.15, -0.1) is 0 Å². The Kier molecular flexibility index (Phi) is 6.93. The Balaban J connectivity index is 1.04. The lowest BCUT2D eigenvalue weighted by Crippen LogP contribution is -1.95. The minimum absolute atomic E-state index is 0.897. The monoisotopic (exact) mass is 726 g/mol. The smallest absolute Gasteiger partial charge is 0.143 e. The molecule has 0 saturated heterocycles. The van der Waals surface area contributed by atoms with E-state index in [1.807, 2.05) is 6.07 Å². The molecule has 12 aromatic rings. The van der Waals surface area contributed by atoms with Gasteiger partial charge in [-0.2, -0.15) is 0 Å². The molecule has 0 bridgehead atoms. The molecule has 0 atom stereocenters. The van der Waals surface area contributed by atoms with Gasteiger partial charge >= 0.3 is 0 Å². The number of furan rings is 1. The van der Waals surface area contributed by atoms with Gasteiger partial charge < -0.3 is 13.6 Å². The summed E-state index contributed by atoms with van der Waals surface area (Å²) in [6.45, 7) is 0. The maximum absolute atomic E-state index is 6.55. The zero-order valence-corrected chi connectivity index (χ0v) is 30.9. The number of rotatable bonds is 5. The second-order valence-electron chi connectivity index (χ2n) is 14.9. The van der Waals surface area contributed by atoms with Crippen LogP contribution in [0.4, 0.5) is 0 Å². The van der Waals surface area contributed by atoms with E-state index in [2.05, 4.69) is 209 Å². The van der Waals surface area contributed by atoms with Gasteiger partial charge in [0.05, 0.1) is 22.1 Å². The van der Waals surface area contributed by atoms with Crippen LogP contribution in [0.3, 0.4) is 0 Å². The molecule has 57 heavy (non-hydrogen) atoms. The molecule has 3 heterocycles. The molecule has 0 spiro atoms. The van der Waals surface area contributed by atoms with Crippen LogP contribution in [-0.4, -0.2) is 9.13 Å². The molecule has 0 N–H and O–H groups in total. The van der Waals surface area contributed by atoms with Crippen LogP contribution in [0, 0.1) is 0 Å². The fourth-order valence-corrected chi connectivity index (χ4v) is 9.07. The zero-order chi connectivity index (χ0) is 37.5. The average Bonchev–Trinajstić information content (AvgIpc) is 3.94. The van der Waals surface area contributed by atoms with E-state index in [0.29, 0.717) is 0 Å². The Morgan fingerprint density at radius 2 is 0.807 bits per heavy atom. The van der Waals surface area contributed by atoms with Crippen molar-refractivity contribution in [3.8, 4) is 44.8 Å². The molecule has 0 amide bonds. The summed E-state index contributed by atoms with van der Waals surface area (Å²) in [4.78, 5) is 0. The van der Waals surface area contributed by atoms with E-state index in [0.717, 1.165) is 44.4 Å². The highest BCUT2D eigenvalue weighted by Crippen LogP contribution is 2.42. The number of fused-ring (bicyclic) bond motifs is 9. The Hall–Kier alpha value is -7.62. The number of benzene rings is 9. The van der Waals surface area contributed by atoms with Crippen LogP contribution < -0.4 is 0 Å². The molecule has 12 rings (SSSR count). The van der Waals surface area contributed by atoms with Gasteiger partial charge in [0.25, 0.3) is 0 Å². The van der Waals surface area contributed by atoms with Crippen molar-refractivity contribution in [3.63, 3.8) is 0 Å². The van der Waals surface area contributed by atoms with Crippen LogP contribution in [0.15, 0.2) is 211 Å². The van der Waals surface area contributed by atoms with Crippen molar-refractivity contribution < 1.29 is 4.42 Å². The molecular weight excluding hydrogens is 693 g/mol. The highest BCUT2D eigenvalue weighted by atomic mass is 16.3. The molecule has 0 aliphatic rings. The van der Waals surface area contributed by atoms with Gasteiger partial charge in [-0.05, 0) is 88.5 Å². The summed E-state index contributed by atoms with van der Waals surface area (Å²) in [5.74, 6) is 0. The molecule has 3 nitrogen and oxygen atoms in total. The first kappa shape index (κ1) is 31.7. The second-order valence-corrected chi connectivity index (χ2v) is 14.9. The van der Waals surface area contributed by atoms with E-state index in [9.17, 15) is 0 Å². The summed E-state index contributed by atoms with van der Waals surface area (Å²) >= 11 is 0. The quantitative estimate of drug-likeness (QED) is 0.173. The Bertz CT molecular complexity index is 3490. The van der Waals surface area contributed by atoms with Gasteiger partial charge in [0.2, 0.25) is 0 Å². The van der Waals surface area contributed by atoms with Gasteiger partial charge in [0.1, 0.15) is 11.2 Å². The van der Waals surface area contributed by atoms with Crippen LogP contribution in [0.2, 0.25) is 0 Å². The Labute approximate surface area is 328 Å². The lowest BCUT2D eigenvalue weighted by atomic mass is 10.0. The van der Waals surface area contributed by atoms with Crippen molar-refractivity contribution in [1.29, 1.82) is 0 Å². The fraction of sp³-hybridized carbons (Fsp3) is 0. The average molecular weight is 727 g/mol. The first-order valence-corrected chi connectivity index (χ1v) is 19.5. The second kappa shape index (κ2) is 12.5. The highest BCUT2D eigenvalue weighted by Gasteiger charge is 2.19. The highest BCUT2D eigenvalue weighted by molar-refractivity contribution is 6.14. The molecule has 266 valence electrons. The number of hydrogen-bond donors (Lipinski definition) is 0. The molecule has 0 unspecified atom stereocenters. The SMILES string of the molecule is c1ccc(-c2ccc(-n3c4ccccc4c4ccc(-c5ccc6c(c5)c5ccccc5n6-c5cc(-c6ccccc6)c6oc7ccccc7c6c5)cc43)cc2)cc1. The summed E-state index contributed by atoms with van der Waals surface area (Å²) in [7, 11) is 0. The van der Waals surface area contributed by atoms with Crippen LogP contribution in [0.1, 0.15) is 0 Å². The third kappa shape index (κ3) is 4.92. The normalized spacial score (nSPS) is 11.9. The van der Waals surface area contributed by atoms with Crippen LogP contribution >= 0.6 is 0 Å². The summed E-state index contributed by atoms with van der Waals surface area (Å²) < 4.78 is 11.4. The molecule has 0 saturated carbocycles. The maximum atomic E-state index is 6.55. The van der Waals surface area contributed by atoms with Gasteiger partial charge in [-0.3, -0.25) is 0 Å². The third-order valence-electron chi connectivity index (χ3n) is 11.7. The topological polar surface area (TPSA) is 23.0 Å². The van der Waals surface area contributed by atoms with E-state index in [4.69, 9.17) is 4.42 Å². The van der Waals surface area contributed by atoms with Crippen LogP contribution in [0.5, 0.6) is 0 Å². The van der Waals surface area contributed by atoms with Crippen molar-refractivity contribution in [1.82, 2.24) is 9.13 Å². The molecule has 0 aliphatic carbocycles. The van der Waals surface area contributed by atoms with Crippen molar-refractivity contribution >= 4 is 65.6 Å². The Morgan fingerprint density at radius 1 is 0.281 bits per heavy atom. The zero-order valence-electron chi connectivity index (χ0n) is 30.9. The number of nitrogens with zero attached hydrogens (tertiary/aromatic N) is 2. The standard InChI is InChI=1S/C54H34N2O/c1-3-13-35(14-4-1)36-23-27-40(28-24-36)55-49-20-10-7-17-42(49)44-29-25-39(32-52(44)55)38-26-30-51-47(31-38)43-18-8-11-21-50(43)56(51)41-33-46(37-15-5-2-6-16-37)54-48(34-41)45-19-9-12-22-53(45)57-54/h1-34H. The predicted molar refractivity (Wildman–Crippen MR) is 239 cm³/mol. The first-order valence-electron chi connectivity index (χ1n) is 19.5. The van der Waals surface area contributed by atoms with Gasteiger partial charge in [0, 0.05) is 49.3 Å². The molecule has 0 fully saturated rings. The van der Waals surface area contributed by atoms with Gasteiger partial charge in [-0.25, -0.2) is 0 Å². The molecule has 9 aromatic carbocycles. The van der Waals surface area contributed by atoms with E-state index in [1.165, 1.54) is 65.9 Å². The molecular formula is C54H34N2O. The number of hydrogen-bond acceptors (Lipinski definition) is 1. The number of para-hydroxylation sites is 3. The van der Waals surface area contributed by atoms with E-state index in [1.54, 1.807) is 0 Å². The Morgan fingerprint density at radius 3 is 1.56 bits per heavy atom. The maximum Gasteiger partial charge on any atom is 0.143 e. The van der Waals surface area contributed by atoms with E-state index in [-0.39, 0.29) is 0 Å². The summed E-state index contributed by atoms with van der Waals surface area (Å²) in [6, 6.07) is 74.5. The van der Waals surface area contributed by atoms with Crippen molar-refractivity contribution in [2.45, 2.75) is 0 Å². The largest absolute Gasteiger partial charge is 0.455 e. The summed E-state index contributed by atoms with van der Waals surface area (Å²) in [5.41, 5.74) is 15.8. The fourth-order valence-electron chi connectivity index (χ4n) is 9.07. The number of aromatic nitrogens is 2. The molecule has 3 aromatic heterocycles. The predicted octanol–water partition coefficient (Wildman–Crippen LogP) is 14.8. The molecule has 3 heteroatoms. The van der Waals surface area contributed by atoms with Gasteiger partial charge in [0.15, 0.2) is 0 Å². The molecule has 0 radical (unpaired) electrons. The summed E-state index contributed by atoms with van der Waals surface area (Å²) in [5, 5.41) is 7.18.